The molecule has 8 aromatic rings. The molecule has 6 aromatic carbocycles. The molecule has 234 valence electrons. The Morgan fingerprint density at radius 3 is 1.40 bits per heavy atom. The summed E-state index contributed by atoms with van der Waals surface area (Å²) < 4.78 is 48.1. The van der Waals surface area contributed by atoms with Crippen molar-refractivity contribution in [3.63, 3.8) is 0 Å². The van der Waals surface area contributed by atoms with E-state index in [2.05, 4.69) is 59.2 Å². The molecule has 8 rings (SSSR count). The Hall–Kier alpha value is -5.80. The summed E-state index contributed by atoms with van der Waals surface area (Å²) in [6.45, 7) is 8.06. The first-order valence-electron chi connectivity index (χ1n) is 15.8. The van der Waals surface area contributed by atoms with Crippen LogP contribution >= 0.6 is 0 Å². The number of fused-ring (bicyclic) bond motifs is 6. The minimum atomic E-state index is -4.60. The van der Waals surface area contributed by atoms with E-state index in [9.17, 15) is 18.4 Å². The monoisotopic (exact) mass is 633 g/mol. The molecular weight excluding hydrogens is 603 g/mol. The lowest BCUT2D eigenvalue weighted by atomic mass is 9.94. The van der Waals surface area contributed by atoms with Crippen LogP contribution in [-0.4, -0.2) is 9.13 Å². The van der Waals surface area contributed by atoms with E-state index in [1.54, 1.807) is 18.2 Å². The Kier molecular flexibility index (Phi) is 6.54. The fraction of sp³-hybridized carbons (Fsp3) is 0.119. The third-order valence-electron chi connectivity index (χ3n) is 9.41. The van der Waals surface area contributed by atoms with E-state index in [1.807, 2.05) is 56.5 Å². The van der Waals surface area contributed by atoms with Crippen LogP contribution in [0.5, 0.6) is 0 Å². The largest absolute Gasteiger partial charge is 0.417 e. The molecule has 48 heavy (non-hydrogen) atoms. The van der Waals surface area contributed by atoms with Crippen LogP contribution in [0.15, 0.2) is 109 Å². The predicted octanol–water partition coefficient (Wildman–Crippen LogP) is 11.7. The molecule has 0 N–H and O–H groups in total. The zero-order chi connectivity index (χ0) is 33.5. The van der Waals surface area contributed by atoms with Crippen molar-refractivity contribution in [3.05, 3.63) is 143 Å². The van der Waals surface area contributed by atoms with Crippen LogP contribution in [0, 0.1) is 39.0 Å². The van der Waals surface area contributed by atoms with Crippen LogP contribution in [0.25, 0.3) is 66.1 Å². The van der Waals surface area contributed by atoms with Crippen LogP contribution in [0.3, 0.4) is 0 Å². The molecule has 0 spiro atoms. The highest BCUT2D eigenvalue weighted by Gasteiger charge is 2.35. The summed E-state index contributed by atoms with van der Waals surface area (Å²) in [7, 11) is 0. The van der Waals surface area contributed by atoms with Gasteiger partial charge in [-0.25, -0.2) is 0 Å². The quantitative estimate of drug-likeness (QED) is 0.191. The van der Waals surface area contributed by atoms with Gasteiger partial charge in [0.05, 0.1) is 39.0 Å². The van der Waals surface area contributed by atoms with Crippen molar-refractivity contribution in [2.45, 2.75) is 33.9 Å². The van der Waals surface area contributed by atoms with Crippen LogP contribution in [0.2, 0.25) is 0 Å². The highest BCUT2D eigenvalue weighted by Crippen LogP contribution is 2.45. The Balaban J connectivity index is 1.61. The van der Waals surface area contributed by atoms with E-state index < -0.39 is 11.7 Å². The van der Waals surface area contributed by atoms with Gasteiger partial charge in [0.25, 0.3) is 0 Å². The summed E-state index contributed by atoms with van der Waals surface area (Å²) in [5.41, 5.74) is 8.53. The van der Waals surface area contributed by atoms with Gasteiger partial charge in [0, 0.05) is 27.1 Å². The van der Waals surface area contributed by atoms with E-state index in [-0.39, 0.29) is 11.1 Å². The Morgan fingerprint density at radius 1 is 0.521 bits per heavy atom. The van der Waals surface area contributed by atoms with E-state index in [1.165, 1.54) is 12.1 Å². The number of hydrogen-bond donors (Lipinski definition) is 0. The summed E-state index contributed by atoms with van der Waals surface area (Å²) in [6, 6.07) is 36.5. The van der Waals surface area contributed by atoms with Gasteiger partial charge >= 0.3 is 6.18 Å². The lowest BCUT2D eigenvalue weighted by Gasteiger charge is -2.22. The lowest BCUT2D eigenvalue weighted by molar-refractivity contribution is -0.137. The zero-order valence-corrected chi connectivity index (χ0v) is 26.9. The molecule has 0 aliphatic rings. The second-order valence-corrected chi connectivity index (χ2v) is 12.8. The van der Waals surface area contributed by atoms with Crippen LogP contribution in [-0.2, 0) is 6.18 Å². The standard InChI is InChI=1S/C42H30F3N3/c1-24-9-13-29-30-14-10-25(2)20-38(30)47(37(29)19-24)36-18-17-33(28-7-5-6-8-35(28)42(43,44)45)41(34(36)23-46)48-39-21-26(3)11-15-31(39)32-16-12-27(4)22-40(32)48/h5-22H,1-4H3. The molecule has 0 radical (unpaired) electrons. The average molecular weight is 634 g/mol. The highest BCUT2D eigenvalue weighted by atomic mass is 19.4. The third kappa shape index (κ3) is 4.42. The molecule has 0 saturated heterocycles. The number of rotatable bonds is 3. The number of alkyl halides is 3. The molecule has 0 amide bonds. The summed E-state index contributed by atoms with van der Waals surface area (Å²) in [6.07, 6.45) is -4.60. The van der Waals surface area contributed by atoms with E-state index in [0.29, 0.717) is 16.9 Å². The average Bonchev–Trinajstić information content (AvgIpc) is 3.53. The molecule has 6 heteroatoms. The van der Waals surface area contributed by atoms with Crippen LogP contribution in [0.1, 0.15) is 33.4 Å². The Labute approximate surface area is 275 Å². The fourth-order valence-corrected chi connectivity index (χ4v) is 7.27. The summed E-state index contributed by atoms with van der Waals surface area (Å²) >= 11 is 0. The number of aryl methyl sites for hydroxylation is 4. The molecule has 0 aliphatic heterocycles. The van der Waals surface area contributed by atoms with Gasteiger partial charge in [-0.2, -0.15) is 18.4 Å². The molecule has 0 fully saturated rings. The van der Waals surface area contributed by atoms with Gasteiger partial charge in [-0.3, -0.25) is 0 Å². The molecule has 2 aromatic heterocycles. The van der Waals surface area contributed by atoms with Gasteiger partial charge in [0.1, 0.15) is 11.6 Å². The fourth-order valence-electron chi connectivity index (χ4n) is 7.27. The van der Waals surface area contributed by atoms with Gasteiger partial charge in [-0.15, -0.1) is 0 Å². The van der Waals surface area contributed by atoms with Gasteiger partial charge in [-0.05, 0) is 91.9 Å². The first-order valence-corrected chi connectivity index (χ1v) is 15.8. The first-order chi connectivity index (χ1) is 23.0. The van der Waals surface area contributed by atoms with Gasteiger partial charge in [-0.1, -0.05) is 72.8 Å². The SMILES string of the molecule is Cc1ccc2c3ccc(C)cc3n(-c3ccc(-c4ccccc4C(F)(F)F)c(-n4c5cc(C)ccc5c5ccc(C)cc54)c3C#N)c2c1. The van der Waals surface area contributed by atoms with Crippen molar-refractivity contribution in [1.29, 1.82) is 5.26 Å². The van der Waals surface area contributed by atoms with Crippen molar-refractivity contribution in [3.8, 4) is 28.6 Å². The summed E-state index contributed by atoms with van der Waals surface area (Å²) in [5.74, 6) is 0. The number of nitriles is 1. The highest BCUT2D eigenvalue weighted by molar-refractivity contribution is 6.12. The van der Waals surface area contributed by atoms with Crippen molar-refractivity contribution in [2.24, 2.45) is 0 Å². The number of aromatic nitrogens is 2. The van der Waals surface area contributed by atoms with E-state index in [4.69, 9.17) is 0 Å². The van der Waals surface area contributed by atoms with Crippen LogP contribution in [0.4, 0.5) is 13.2 Å². The van der Waals surface area contributed by atoms with Gasteiger partial charge in [0.15, 0.2) is 0 Å². The molecule has 0 atom stereocenters. The Morgan fingerprint density at radius 2 is 0.958 bits per heavy atom. The summed E-state index contributed by atoms with van der Waals surface area (Å²) in [5, 5.41) is 15.2. The van der Waals surface area contributed by atoms with Gasteiger partial charge < -0.3 is 9.13 Å². The molecule has 2 heterocycles. The van der Waals surface area contributed by atoms with Crippen molar-refractivity contribution < 1.29 is 13.2 Å². The number of halogens is 3. The van der Waals surface area contributed by atoms with E-state index in [0.717, 1.165) is 71.9 Å². The zero-order valence-electron chi connectivity index (χ0n) is 26.9. The summed E-state index contributed by atoms with van der Waals surface area (Å²) in [4.78, 5) is 0. The number of hydrogen-bond acceptors (Lipinski definition) is 1. The molecule has 0 bridgehead atoms. The molecule has 0 saturated carbocycles. The molecule has 0 unspecified atom stereocenters. The smallest absolute Gasteiger partial charge is 0.308 e. The number of nitrogens with zero attached hydrogens (tertiary/aromatic N) is 3. The Bertz CT molecular complexity index is 2540. The normalized spacial score (nSPS) is 12.0. The van der Waals surface area contributed by atoms with Crippen molar-refractivity contribution >= 4 is 43.6 Å². The lowest BCUT2D eigenvalue weighted by Crippen LogP contribution is -2.10. The van der Waals surface area contributed by atoms with Crippen molar-refractivity contribution in [2.75, 3.05) is 0 Å². The minimum Gasteiger partial charge on any atom is -0.308 e. The second kappa shape index (κ2) is 10.6. The molecule has 3 nitrogen and oxygen atoms in total. The van der Waals surface area contributed by atoms with Crippen LogP contribution < -0.4 is 0 Å². The molecular formula is C42H30F3N3. The topological polar surface area (TPSA) is 33.6 Å². The predicted molar refractivity (Wildman–Crippen MR) is 189 cm³/mol. The van der Waals surface area contributed by atoms with Crippen molar-refractivity contribution in [1.82, 2.24) is 9.13 Å². The van der Waals surface area contributed by atoms with Gasteiger partial charge in [0.2, 0.25) is 0 Å². The molecule has 0 aliphatic carbocycles. The van der Waals surface area contributed by atoms with E-state index >= 15 is 0 Å². The third-order valence-corrected chi connectivity index (χ3v) is 9.41. The first kappa shape index (κ1) is 29.6. The maximum Gasteiger partial charge on any atom is 0.417 e. The minimum absolute atomic E-state index is 0.0206. The number of benzene rings is 6. The maximum absolute atomic E-state index is 14.7. The second-order valence-electron chi connectivity index (χ2n) is 12.8. The maximum atomic E-state index is 14.7.